The molecule has 0 N–H and O–H groups in total. The predicted octanol–water partition coefficient (Wildman–Crippen LogP) is 11.1. The number of hydrogen-bond donors (Lipinski definition) is 0. The van der Waals surface area contributed by atoms with Crippen LogP contribution in [-0.4, -0.2) is 0 Å². The van der Waals surface area contributed by atoms with Gasteiger partial charge in [0.25, 0.3) is 0 Å². The second-order valence-electron chi connectivity index (χ2n) is 14.0. The Balaban J connectivity index is 0. The normalized spacial score (nSPS) is 33.9. The minimum Gasteiger partial charge on any atom is -0.325 e. The summed E-state index contributed by atoms with van der Waals surface area (Å²) in [5, 5.41) is 0. The molecule has 0 heterocycles. The van der Waals surface area contributed by atoms with Crippen molar-refractivity contribution < 1.29 is 63.2 Å². The van der Waals surface area contributed by atoms with Gasteiger partial charge in [0.15, 0.2) is 0 Å². The Kier molecular flexibility index (Phi) is 25.2. The van der Waals surface area contributed by atoms with Gasteiger partial charge >= 0.3 is 63.2 Å². The molecular formula is C36H60W3. The molecule has 222 valence electrons. The van der Waals surface area contributed by atoms with E-state index in [1.54, 1.807) is 0 Å². The first-order valence-electron chi connectivity index (χ1n) is 15.2. The van der Waals surface area contributed by atoms with E-state index in [1.165, 1.54) is 75.5 Å². The van der Waals surface area contributed by atoms with Gasteiger partial charge in [0.2, 0.25) is 0 Å². The molecule has 5 saturated carbocycles. The fraction of sp³-hybridized carbons (Fsp3) is 0.722. The van der Waals surface area contributed by atoms with Gasteiger partial charge in [0, 0.05) is 0 Å². The van der Waals surface area contributed by atoms with Crippen molar-refractivity contribution in [2.24, 2.45) is 47.3 Å². The third-order valence-electron chi connectivity index (χ3n) is 8.00. The summed E-state index contributed by atoms with van der Waals surface area (Å²) >= 11 is 0. The molecule has 0 spiro atoms. The van der Waals surface area contributed by atoms with Crippen LogP contribution in [0.2, 0.25) is 0 Å². The maximum absolute atomic E-state index is 2.57. The Morgan fingerprint density at radius 2 is 1.23 bits per heavy atom. The van der Waals surface area contributed by atoms with Crippen molar-refractivity contribution in [2.75, 3.05) is 0 Å². The van der Waals surface area contributed by atoms with E-state index >= 15 is 0 Å². The molecule has 3 heteroatoms. The summed E-state index contributed by atoms with van der Waals surface area (Å²) in [4.78, 5) is 0. The van der Waals surface area contributed by atoms with Crippen LogP contribution in [0, 0.1) is 84.4 Å². The zero-order valence-electron chi connectivity index (χ0n) is 26.7. The van der Waals surface area contributed by atoms with Crippen LogP contribution in [0.15, 0.2) is 24.3 Å². The van der Waals surface area contributed by atoms with Crippen molar-refractivity contribution in [3.8, 4) is 0 Å². The summed E-state index contributed by atoms with van der Waals surface area (Å²) in [7, 11) is 0. The molecule has 0 nitrogen and oxygen atoms in total. The standard InChI is InChI=1S/C10H13.C7H11.C7H9.3C4H9.3W/c1-2-9-7-4-5-8(6-7)10(9)3-1;2*1-2-7-4-3-6(1)5-7;3*1-4(2)3;;;/h1-2,5,7-10H,3-4,6H2;1,6-7H,2-5H2;1-3,6-7H,4-5H2;3*1-3H3;;;/q6*-1;3*+2. The van der Waals surface area contributed by atoms with Crippen LogP contribution in [0.5, 0.6) is 0 Å². The minimum absolute atomic E-state index is 0. The molecule has 0 aromatic heterocycles. The van der Waals surface area contributed by atoms with Crippen LogP contribution in [0.4, 0.5) is 0 Å². The van der Waals surface area contributed by atoms with Gasteiger partial charge in [-0.15, -0.1) is 12.0 Å². The van der Waals surface area contributed by atoms with E-state index in [2.05, 4.69) is 106 Å². The SMILES string of the molecule is C1=CC2C3C[CH-]C(C3)C2C1.C1=CC2C[CH-]C1C2.C[C-](C)C.C[C-](C)C.C[C-](C)C.[CH-]1CC2CCC1C2.[W+2].[W+2].[W+2]. The van der Waals surface area contributed by atoms with Crippen LogP contribution in [0.3, 0.4) is 0 Å². The van der Waals surface area contributed by atoms with Crippen LogP contribution in [-0.2, 0) is 63.2 Å². The number of rotatable bonds is 0. The van der Waals surface area contributed by atoms with Crippen molar-refractivity contribution in [3.63, 3.8) is 0 Å². The van der Waals surface area contributed by atoms with Gasteiger partial charge in [-0.2, -0.15) is 93.4 Å². The summed E-state index contributed by atoms with van der Waals surface area (Å²) in [6, 6.07) is 0. The van der Waals surface area contributed by atoms with Gasteiger partial charge in [-0.3, -0.25) is 0 Å². The molecular weight excluding hydrogens is 984 g/mol. The number of fused-ring (bicyclic) bond motifs is 9. The fourth-order valence-corrected chi connectivity index (χ4v) is 6.65. The van der Waals surface area contributed by atoms with Gasteiger partial charge in [0.1, 0.15) is 0 Å². The van der Waals surface area contributed by atoms with Crippen LogP contribution < -0.4 is 0 Å². The third kappa shape index (κ3) is 17.4. The molecule has 0 saturated heterocycles. The molecule has 5 fully saturated rings. The Morgan fingerprint density at radius 1 is 0.615 bits per heavy atom. The van der Waals surface area contributed by atoms with E-state index in [9.17, 15) is 0 Å². The molecule has 0 aromatic rings. The summed E-state index contributed by atoms with van der Waals surface area (Å²) in [5.41, 5.74) is 0. The van der Waals surface area contributed by atoms with Crippen LogP contribution in [0.25, 0.3) is 0 Å². The summed E-state index contributed by atoms with van der Waals surface area (Å²) in [6.45, 7) is 18.8. The summed E-state index contributed by atoms with van der Waals surface area (Å²) in [5.74, 6) is 12.3. The van der Waals surface area contributed by atoms with Crippen molar-refractivity contribution in [3.05, 3.63) is 61.3 Å². The van der Waals surface area contributed by atoms with E-state index in [1.807, 2.05) is 0 Å². The number of hydrogen-bond acceptors (Lipinski definition) is 0. The monoisotopic (exact) mass is 1040 g/mol. The average Bonchev–Trinajstić information content (AvgIpc) is 3.64. The van der Waals surface area contributed by atoms with Gasteiger partial charge in [0.05, 0.1) is 0 Å². The Hall–Kier alpha value is 1.54. The van der Waals surface area contributed by atoms with E-state index in [0.29, 0.717) is 0 Å². The molecule has 7 aliphatic rings. The third-order valence-corrected chi connectivity index (χ3v) is 8.00. The van der Waals surface area contributed by atoms with Crippen molar-refractivity contribution >= 4 is 0 Å². The smallest absolute Gasteiger partial charge is 0.325 e. The van der Waals surface area contributed by atoms with Crippen molar-refractivity contribution in [1.29, 1.82) is 0 Å². The van der Waals surface area contributed by atoms with E-state index in [0.717, 1.165) is 47.3 Å². The van der Waals surface area contributed by atoms with E-state index in [-0.39, 0.29) is 63.2 Å². The molecule has 7 aliphatic carbocycles. The molecule has 8 atom stereocenters. The predicted molar refractivity (Wildman–Crippen MR) is 161 cm³/mol. The Morgan fingerprint density at radius 3 is 1.51 bits per heavy atom. The maximum atomic E-state index is 2.57. The second-order valence-corrected chi connectivity index (χ2v) is 14.0. The molecule has 39 heavy (non-hydrogen) atoms. The molecule has 8 unspecified atom stereocenters. The van der Waals surface area contributed by atoms with E-state index < -0.39 is 0 Å². The first-order chi connectivity index (χ1) is 17.0. The average molecular weight is 1040 g/mol. The van der Waals surface area contributed by atoms with Gasteiger partial charge in [-0.1, -0.05) is 74.0 Å². The quantitative estimate of drug-likeness (QED) is 0.168. The number of allylic oxidation sites excluding steroid dienone is 4. The summed E-state index contributed by atoms with van der Waals surface area (Å²) in [6.07, 6.45) is 30.1. The molecule has 0 radical (unpaired) electrons. The Labute approximate surface area is 289 Å². The van der Waals surface area contributed by atoms with Gasteiger partial charge in [-0.05, 0) is 12.3 Å². The topological polar surface area (TPSA) is 0 Å². The molecule has 6 bridgehead atoms. The Bertz CT molecular complexity index is 585. The van der Waals surface area contributed by atoms with Gasteiger partial charge < -0.3 is 37.0 Å². The maximum Gasteiger partial charge on any atom is 2.00 e. The minimum atomic E-state index is 0. The molecule has 7 rings (SSSR count). The second kappa shape index (κ2) is 23.0. The van der Waals surface area contributed by atoms with E-state index in [4.69, 9.17) is 0 Å². The first-order valence-corrected chi connectivity index (χ1v) is 15.2. The summed E-state index contributed by atoms with van der Waals surface area (Å²) < 4.78 is 0. The molecule has 0 aliphatic heterocycles. The fourth-order valence-electron chi connectivity index (χ4n) is 6.65. The van der Waals surface area contributed by atoms with Gasteiger partial charge in [-0.25, -0.2) is 0 Å². The largest absolute Gasteiger partial charge is 2.00 e. The van der Waals surface area contributed by atoms with Crippen molar-refractivity contribution in [2.45, 2.75) is 120 Å². The molecule has 0 amide bonds. The van der Waals surface area contributed by atoms with Crippen LogP contribution in [0.1, 0.15) is 120 Å². The molecule has 0 aromatic carbocycles. The zero-order chi connectivity index (χ0) is 26.7. The zero-order valence-corrected chi connectivity index (χ0v) is 35.5. The van der Waals surface area contributed by atoms with Crippen LogP contribution >= 0.6 is 0 Å². The first kappa shape index (κ1) is 42.7. The van der Waals surface area contributed by atoms with Crippen molar-refractivity contribution in [1.82, 2.24) is 0 Å².